The Morgan fingerprint density at radius 1 is 1.03 bits per heavy atom. The minimum atomic E-state index is -4.29. The van der Waals surface area contributed by atoms with Crippen molar-refractivity contribution in [3.63, 3.8) is 0 Å². The molecule has 0 aliphatic rings. The number of esters is 2. The van der Waals surface area contributed by atoms with Gasteiger partial charge in [0.2, 0.25) is 14.8 Å². The Bertz CT molecular complexity index is 978. The van der Waals surface area contributed by atoms with Crippen LogP contribution in [0.2, 0.25) is 0 Å². The highest BCUT2D eigenvalue weighted by atomic mass is 32.2. The minimum Gasteiger partial charge on any atom is -0.466 e. The number of carbonyl (C=O) groups excluding carboxylic acids is 2. The van der Waals surface area contributed by atoms with Crippen molar-refractivity contribution in [2.24, 2.45) is 0 Å². The summed E-state index contributed by atoms with van der Waals surface area (Å²) in [6.45, 7) is 4.60. The van der Waals surface area contributed by atoms with Gasteiger partial charge in [0.05, 0.1) is 11.5 Å². The SMILES string of the molecule is CCOC(=O)CC(/C=C\c1ccccc1)(OC(C)=O)S(=O)(=O)c1ccc(C)cc1. The molecule has 7 heteroatoms. The maximum absolute atomic E-state index is 13.5. The van der Waals surface area contributed by atoms with Crippen molar-refractivity contribution in [2.75, 3.05) is 6.61 Å². The van der Waals surface area contributed by atoms with Gasteiger partial charge in [-0.25, -0.2) is 8.42 Å². The molecule has 2 aromatic rings. The fraction of sp³-hybridized carbons (Fsp3) is 0.273. The molecule has 0 heterocycles. The number of sulfone groups is 1. The lowest BCUT2D eigenvalue weighted by Gasteiger charge is -2.29. The van der Waals surface area contributed by atoms with Crippen LogP contribution in [0.4, 0.5) is 0 Å². The van der Waals surface area contributed by atoms with Crippen LogP contribution in [0.5, 0.6) is 0 Å². The fourth-order valence-electron chi connectivity index (χ4n) is 2.73. The molecule has 0 aliphatic carbocycles. The molecule has 0 N–H and O–H groups in total. The number of rotatable bonds is 8. The first-order valence-corrected chi connectivity index (χ1v) is 10.6. The molecule has 0 spiro atoms. The summed E-state index contributed by atoms with van der Waals surface area (Å²) in [6, 6.07) is 15.0. The van der Waals surface area contributed by atoms with Gasteiger partial charge in [0, 0.05) is 6.92 Å². The Morgan fingerprint density at radius 2 is 1.66 bits per heavy atom. The Kier molecular flexibility index (Phi) is 7.34. The second-order valence-corrected chi connectivity index (χ2v) is 8.62. The zero-order chi connectivity index (χ0) is 21.5. The van der Waals surface area contributed by atoms with Gasteiger partial charge in [0.25, 0.3) is 0 Å². The third-order valence-electron chi connectivity index (χ3n) is 4.13. The van der Waals surface area contributed by atoms with Gasteiger partial charge in [-0.2, -0.15) is 0 Å². The van der Waals surface area contributed by atoms with Crippen molar-refractivity contribution in [1.29, 1.82) is 0 Å². The second kappa shape index (κ2) is 9.52. The van der Waals surface area contributed by atoms with Gasteiger partial charge < -0.3 is 9.47 Å². The molecular formula is C22H24O6S. The molecule has 0 bridgehead atoms. The van der Waals surface area contributed by atoms with E-state index in [9.17, 15) is 18.0 Å². The normalized spacial score (nSPS) is 13.6. The second-order valence-electron chi connectivity index (χ2n) is 6.45. The topological polar surface area (TPSA) is 86.7 Å². The van der Waals surface area contributed by atoms with Crippen LogP contribution >= 0.6 is 0 Å². The van der Waals surface area contributed by atoms with Crippen LogP contribution in [-0.4, -0.2) is 31.9 Å². The summed E-state index contributed by atoms with van der Waals surface area (Å²) in [6.07, 6.45) is 2.07. The summed E-state index contributed by atoms with van der Waals surface area (Å²) in [5, 5.41) is 0. The number of aryl methyl sites for hydroxylation is 1. The number of carbonyl (C=O) groups is 2. The number of ether oxygens (including phenoxy) is 2. The summed E-state index contributed by atoms with van der Waals surface area (Å²) in [7, 11) is -4.29. The Balaban J connectivity index is 2.65. The minimum absolute atomic E-state index is 0.0636. The molecule has 2 rings (SSSR count). The van der Waals surface area contributed by atoms with Crippen LogP contribution in [0.3, 0.4) is 0 Å². The molecule has 0 radical (unpaired) electrons. The molecule has 0 amide bonds. The van der Waals surface area contributed by atoms with Crippen molar-refractivity contribution in [1.82, 2.24) is 0 Å². The third kappa shape index (κ3) is 5.54. The lowest BCUT2D eigenvalue weighted by molar-refractivity contribution is -0.153. The zero-order valence-electron chi connectivity index (χ0n) is 16.6. The van der Waals surface area contributed by atoms with Gasteiger partial charge in [-0.3, -0.25) is 9.59 Å². The Labute approximate surface area is 171 Å². The number of benzene rings is 2. The van der Waals surface area contributed by atoms with Crippen LogP contribution < -0.4 is 0 Å². The van der Waals surface area contributed by atoms with E-state index in [2.05, 4.69) is 0 Å². The summed E-state index contributed by atoms with van der Waals surface area (Å²) in [4.78, 5) is 21.8. The monoisotopic (exact) mass is 416 g/mol. The van der Waals surface area contributed by atoms with Crippen molar-refractivity contribution >= 4 is 27.9 Å². The van der Waals surface area contributed by atoms with Crippen LogP contribution in [0, 0.1) is 6.92 Å². The van der Waals surface area contributed by atoms with E-state index in [1.54, 1.807) is 43.3 Å². The van der Waals surface area contributed by atoms with E-state index in [4.69, 9.17) is 9.47 Å². The van der Waals surface area contributed by atoms with E-state index in [0.29, 0.717) is 5.56 Å². The molecule has 0 saturated carbocycles. The lowest BCUT2D eigenvalue weighted by Crippen LogP contribution is -2.43. The van der Waals surface area contributed by atoms with E-state index in [1.807, 2.05) is 13.0 Å². The van der Waals surface area contributed by atoms with E-state index < -0.39 is 33.1 Å². The summed E-state index contributed by atoms with van der Waals surface area (Å²) >= 11 is 0. The average Bonchev–Trinajstić information content (AvgIpc) is 2.67. The molecule has 1 atom stereocenters. The van der Waals surface area contributed by atoms with Crippen LogP contribution in [0.15, 0.2) is 65.6 Å². The molecule has 0 aromatic heterocycles. The highest BCUT2D eigenvalue weighted by molar-refractivity contribution is 7.93. The summed E-state index contributed by atoms with van der Waals surface area (Å²) < 4.78 is 37.3. The Morgan fingerprint density at radius 3 is 2.21 bits per heavy atom. The number of hydrogen-bond acceptors (Lipinski definition) is 6. The first-order valence-electron chi connectivity index (χ1n) is 9.11. The Hall–Kier alpha value is -2.93. The molecule has 1 unspecified atom stereocenters. The van der Waals surface area contributed by atoms with Gasteiger partial charge in [-0.05, 0) is 37.6 Å². The fourth-order valence-corrected chi connectivity index (χ4v) is 4.40. The van der Waals surface area contributed by atoms with Crippen LogP contribution in [-0.2, 0) is 28.9 Å². The average molecular weight is 416 g/mol. The molecule has 154 valence electrons. The molecular weight excluding hydrogens is 392 g/mol. The highest BCUT2D eigenvalue weighted by Crippen LogP contribution is 2.34. The van der Waals surface area contributed by atoms with Crippen molar-refractivity contribution < 1.29 is 27.5 Å². The van der Waals surface area contributed by atoms with E-state index in [0.717, 1.165) is 12.5 Å². The van der Waals surface area contributed by atoms with Gasteiger partial charge >= 0.3 is 11.9 Å². The van der Waals surface area contributed by atoms with Crippen molar-refractivity contribution in [2.45, 2.75) is 37.0 Å². The van der Waals surface area contributed by atoms with E-state index in [1.165, 1.54) is 24.3 Å². The smallest absolute Gasteiger partial charge is 0.311 e. The maximum Gasteiger partial charge on any atom is 0.311 e. The molecule has 0 saturated heterocycles. The standard InChI is InChI=1S/C22H24O6S/c1-4-27-21(24)16-22(28-18(3)23,15-14-19-8-6-5-7-9-19)29(25,26)20-12-10-17(2)11-13-20/h5-15H,4,16H2,1-3H3/b15-14-. The van der Waals surface area contributed by atoms with Crippen molar-refractivity contribution in [3.8, 4) is 0 Å². The molecule has 29 heavy (non-hydrogen) atoms. The predicted octanol–water partition coefficient (Wildman–Crippen LogP) is 3.69. The highest BCUT2D eigenvalue weighted by Gasteiger charge is 2.48. The van der Waals surface area contributed by atoms with E-state index >= 15 is 0 Å². The third-order valence-corrected chi connectivity index (χ3v) is 6.29. The molecule has 6 nitrogen and oxygen atoms in total. The predicted molar refractivity (Wildman–Crippen MR) is 110 cm³/mol. The lowest BCUT2D eigenvalue weighted by atomic mass is 10.1. The quantitative estimate of drug-likeness (QED) is 0.610. The van der Waals surface area contributed by atoms with Gasteiger partial charge in [0.15, 0.2) is 0 Å². The van der Waals surface area contributed by atoms with Gasteiger partial charge in [0.1, 0.15) is 6.42 Å². The van der Waals surface area contributed by atoms with Crippen LogP contribution in [0.1, 0.15) is 31.4 Å². The maximum atomic E-state index is 13.5. The molecule has 0 aliphatic heterocycles. The first kappa shape index (κ1) is 22.4. The summed E-state index contributed by atoms with van der Waals surface area (Å²) in [5.74, 6) is -1.62. The molecule has 0 fully saturated rings. The molecule has 2 aromatic carbocycles. The van der Waals surface area contributed by atoms with Crippen LogP contribution in [0.25, 0.3) is 6.08 Å². The van der Waals surface area contributed by atoms with E-state index in [-0.39, 0.29) is 11.5 Å². The van der Waals surface area contributed by atoms with Gasteiger partial charge in [-0.1, -0.05) is 54.1 Å². The number of hydrogen-bond donors (Lipinski definition) is 0. The largest absolute Gasteiger partial charge is 0.466 e. The first-order chi connectivity index (χ1) is 13.7. The van der Waals surface area contributed by atoms with Gasteiger partial charge in [-0.15, -0.1) is 0 Å². The summed E-state index contributed by atoms with van der Waals surface area (Å²) in [5.41, 5.74) is 1.55. The zero-order valence-corrected chi connectivity index (χ0v) is 17.4. The van der Waals surface area contributed by atoms with Crippen molar-refractivity contribution in [3.05, 3.63) is 71.8 Å².